The third kappa shape index (κ3) is 14.5. The number of halogens is 1. The Morgan fingerprint density at radius 3 is 1.52 bits per heavy atom. The number of nitrogens with zero attached hydrogens (tertiary/aromatic N) is 2. The fourth-order valence-electron chi connectivity index (χ4n) is 3.01. The van der Waals surface area contributed by atoms with E-state index in [1.165, 1.54) is 0 Å². The van der Waals surface area contributed by atoms with E-state index in [1.54, 1.807) is 24.3 Å². The zero-order chi connectivity index (χ0) is 23.6. The first-order valence-electron chi connectivity index (χ1n) is 11.0. The van der Waals surface area contributed by atoms with Gasteiger partial charge in [-0.05, 0) is 5.56 Å². The molecule has 0 spiro atoms. The van der Waals surface area contributed by atoms with Crippen molar-refractivity contribution in [2.75, 3.05) is 65.7 Å². The summed E-state index contributed by atoms with van der Waals surface area (Å²) >= 11 is 0. The van der Waals surface area contributed by atoms with Crippen molar-refractivity contribution < 1.29 is 52.8 Å². The Morgan fingerprint density at radius 1 is 0.788 bits per heavy atom. The predicted octanol–water partition coefficient (Wildman–Crippen LogP) is -6.06. The third-order valence-electron chi connectivity index (χ3n) is 4.70. The van der Waals surface area contributed by atoms with E-state index in [1.807, 2.05) is 15.9 Å². The molecule has 0 bridgehead atoms. The van der Waals surface area contributed by atoms with Crippen molar-refractivity contribution >= 4 is 17.8 Å². The fraction of sp³-hybridized carbons (Fsp3) is 0.591. The molecule has 10 nitrogen and oxygen atoms in total. The number of carbonyl (C=O) groups is 3. The monoisotopic (exact) mass is 488 g/mol. The van der Waals surface area contributed by atoms with Crippen molar-refractivity contribution in [2.45, 2.75) is 19.3 Å². The molecule has 2 saturated heterocycles. The number of carboxylic acid groups (broad SMARTS) is 1. The lowest BCUT2D eigenvalue weighted by Gasteiger charge is -2.26. The molecule has 2 amide bonds. The summed E-state index contributed by atoms with van der Waals surface area (Å²) in [6.45, 7) is 7.11. The SMILES string of the molecule is O=C([O-])Cc1ccccc1.[Cl-].[NH3+]CCC(=O)N1CCOCC1.[NH3+]CCC(=O)N1CCOCC1. The van der Waals surface area contributed by atoms with Gasteiger partial charge in [-0.1, -0.05) is 30.3 Å². The van der Waals surface area contributed by atoms with Crippen LogP contribution in [0.2, 0.25) is 0 Å². The Labute approximate surface area is 201 Å². The molecule has 188 valence electrons. The van der Waals surface area contributed by atoms with Gasteiger partial charge < -0.3 is 53.0 Å². The lowest BCUT2D eigenvalue weighted by molar-refractivity contribution is -0.367. The molecular formula is C22H37ClN4O6. The van der Waals surface area contributed by atoms with Gasteiger partial charge in [-0.2, -0.15) is 0 Å². The van der Waals surface area contributed by atoms with E-state index in [4.69, 9.17) is 9.47 Å². The molecule has 0 unspecified atom stereocenters. The summed E-state index contributed by atoms with van der Waals surface area (Å²) in [6, 6.07) is 8.97. The van der Waals surface area contributed by atoms with Gasteiger partial charge in [0.1, 0.15) is 0 Å². The van der Waals surface area contributed by atoms with Gasteiger partial charge in [-0.25, -0.2) is 0 Å². The van der Waals surface area contributed by atoms with E-state index >= 15 is 0 Å². The summed E-state index contributed by atoms with van der Waals surface area (Å²) in [7, 11) is 0. The van der Waals surface area contributed by atoms with Crippen LogP contribution >= 0.6 is 0 Å². The van der Waals surface area contributed by atoms with E-state index in [-0.39, 0.29) is 30.6 Å². The predicted molar refractivity (Wildman–Crippen MR) is 115 cm³/mol. The number of hydrogen-bond acceptors (Lipinski definition) is 6. The molecule has 6 N–H and O–H groups in total. The number of carboxylic acids is 1. The molecule has 1 aromatic rings. The summed E-state index contributed by atoms with van der Waals surface area (Å²) in [5, 5.41) is 10.1. The van der Waals surface area contributed by atoms with Crippen LogP contribution < -0.4 is 29.0 Å². The number of amides is 2. The van der Waals surface area contributed by atoms with Crippen LogP contribution in [0.1, 0.15) is 18.4 Å². The second-order valence-corrected chi connectivity index (χ2v) is 7.23. The zero-order valence-corrected chi connectivity index (χ0v) is 20.0. The van der Waals surface area contributed by atoms with Crippen molar-refractivity contribution in [3.63, 3.8) is 0 Å². The molecule has 0 atom stereocenters. The topological polar surface area (TPSA) is 154 Å². The molecule has 11 heteroatoms. The molecular weight excluding hydrogens is 452 g/mol. The average molecular weight is 489 g/mol. The van der Waals surface area contributed by atoms with Crippen molar-refractivity contribution in [1.29, 1.82) is 0 Å². The number of quaternary nitrogens is 2. The van der Waals surface area contributed by atoms with Gasteiger partial charge in [-0.15, -0.1) is 0 Å². The van der Waals surface area contributed by atoms with Crippen LogP contribution in [0, 0.1) is 0 Å². The van der Waals surface area contributed by atoms with Gasteiger partial charge in [0.15, 0.2) is 0 Å². The van der Waals surface area contributed by atoms with Gasteiger partial charge >= 0.3 is 0 Å². The van der Waals surface area contributed by atoms with Crippen molar-refractivity contribution in [1.82, 2.24) is 9.80 Å². The lowest BCUT2D eigenvalue weighted by Crippen LogP contribution is -3.00. The Morgan fingerprint density at radius 2 is 1.18 bits per heavy atom. The second kappa shape index (κ2) is 19.2. The Balaban J connectivity index is 0.000000459. The molecule has 3 rings (SSSR count). The molecule has 1 aromatic carbocycles. The van der Waals surface area contributed by atoms with Gasteiger partial charge in [0.05, 0.1) is 52.4 Å². The highest BCUT2D eigenvalue weighted by atomic mass is 35.5. The highest BCUT2D eigenvalue weighted by molar-refractivity contribution is 5.76. The first-order chi connectivity index (χ1) is 15.5. The smallest absolute Gasteiger partial charge is 0.228 e. The quantitative estimate of drug-likeness (QED) is 0.406. The van der Waals surface area contributed by atoms with E-state index in [0.717, 1.165) is 31.7 Å². The zero-order valence-electron chi connectivity index (χ0n) is 19.2. The summed E-state index contributed by atoms with van der Waals surface area (Å²) < 4.78 is 10.2. The summed E-state index contributed by atoms with van der Waals surface area (Å²) in [4.78, 5) is 36.2. The summed E-state index contributed by atoms with van der Waals surface area (Å²) in [5.41, 5.74) is 8.06. The molecule has 33 heavy (non-hydrogen) atoms. The largest absolute Gasteiger partial charge is 1.00 e. The van der Waals surface area contributed by atoms with E-state index in [0.29, 0.717) is 52.4 Å². The first-order valence-corrected chi connectivity index (χ1v) is 11.0. The molecule has 2 fully saturated rings. The van der Waals surface area contributed by atoms with Gasteiger partial charge in [-0.3, -0.25) is 9.59 Å². The van der Waals surface area contributed by atoms with Crippen molar-refractivity contribution in [2.24, 2.45) is 0 Å². The first kappa shape index (κ1) is 30.8. The number of carbonyl (C=O) groups excluding carboxylic acids is 3. The third-order valence-corrected chi connectivity index (χ3v) is 4.70. The van der Waals surface area contributed by atoms with Crippen LogP contribution in [0.15, 0.2) is 30.3 Å². The van der Waals surface area contributed by atoms with Crippen LogP contribution in [-0.2, 0) is 30.3 Å². The maximum Gasteiger partial charge on any atom is 0.228 e. The maximum absolute atomic E-state index is 11.2. The van der Waals surface area contributed by atoms with Gasteiger partial charge in [0.2, 0.25) is 11.8 Å². The highest BCUT2D eigenvalue weighted by Gasteiger charge is 2.16. The number of hydrogen-bond donors (Lipinski definition) is 2. The van der Waals surface area contributed by atoms with Crippen molar-refractivity contribution in [3.8, 4) is 0 Å². The van der Waals surface area contributed by atoms with Crippen LogP contribution in [0.4, 0.5) is 0 Å². The van der Waals surface area contributed by atoms with Crippen LogP contribution in [-0.4, -0.2) is 93.3 Å². The maximum atomic E-state index is 11.2. The van der Waals surface area contributed by atoms with Gasteiger partial charge in [0.25, 0.3) is 0 Å². The number of morpholine rings is 2. The van der Waals surface area contributed by atoms with Gasteiger partial charge in [0, 0.05) is 38.6 Å². The molecule has 0 radical (unpaired) electrons. The van der Waals surface area contributed by atoms with Crippen LogP contribution in [0.5, 0.6) is 0 Å². The molecule has 2 aliphatic rings. The van der Waals surface area contributed by atoms with Crippen LogP contribution in [0.3, 0.4) is 0 Å². The molecule has 0 saturated carbocycles. The Hall–Kier alpha value is -2.24. The number of aliphatic carboxylic acids is 1. The number of rotatable bonds is 6. The van der Waals surface area contributed by atoms with E-state index in [9.17, 15) is 19.5 Å². The highest BCUT2D eigenvalue weighted by Crippen LogP contribution is 1.99. The van der Waals surface area contributed by atoms with E-state index in [2.05, 4.69) is 11.5 Å². The fourth-order valence-corrected chi connectivity index (χ4v) is 3.01. The minimum atomic E-state index is -1.04. The lowest BCUT2D eigenvalue weighted by atomic mass is 10.2. The number of ether oxygens (including phenoxy) is 2. The van der Waals surface area contributed by atoms with Crippen LogP contribution in [0.25, 0.3) is 0 Å². The Kier molecular flexibility index (Phi) is 17.9. The summed E-state index contributed by atoms with van der Waals surface area (Å²) in [5.74, 6) is -0.613. The number of benzene rings is 1. The minimum absolute atomic E-state index is 0. The molecule has 0 aliphatic carbocycles. The summed E-state index contributed by atoms with van der Waals surface area (Å²) in [6.07, 6.45) is 1.14. The normalized spacial score (nSPS) is 15.1. The second-order valence-electron chi connectivity index (χ2n) is 7.23. The molecule has 2 aliphatic heterocycles. The standard InChI is InChI=1S/C8H8O2.2C7H14N2O2.ClH/c9-8(10)6-7-4-2-1-3-5-7;2*8-2-1-7(10)9-3-5-11-6-4-9;/h1-5H,6H2,(H,9,10);2*1-6,8H2;1H. The average Bonchev–Trinajstić information content (AvgIpc) is 2.82. The molecule has 2 heterocycles. The van der Waals surface area contributed by atoms with Crippen molar-refractivity contribution in [3.05, 3.63) is 35.9 Å². The Bertz CT molecular complexity index is 636. The van der Waals surface area contributed by atoms with E-state index < -0.39 is 5.97 Å². The molecule has 0 aromatic heterocycles. The minimum Gasteiger partial charge on any atom is -1.00 e.